The molecule has 3 rings (SSSR count). The number of carbonyl (C=O) groups is 1. The molecular weight excluding hydrogens is 435 g/mol. The van der Waals surface area contributed by atoms with Crippen molar-refractivity contribution in [2.45, 2.75) is 6.92 Å². The number of nitrogens with zero attached hydrogens (tertiary/aromatic N) is 2. The molecule has 0 unspecified atom stereocenters. The first-order valence-electron chi connectivity index (χ1n) is 8.58. The van der Waals surface area contributed by atoms with Crippen LogP contribution in [0.15, 0.2) is 41.2 Å². The summed E-state index contributed by atoms with van der Waals surface area (Å²) in [6.45, 7) is 1.82. The molecule has 0 fully saturated rings. The van der Waals surface area contributed by atoms with Gasteiger partial charge in [0.25, 0.3) is 11.2 Å². The number of ether oxygens (including phenoxy) is 1. The summed E-state index contributed by atoms with van der Waals surface area (Å²) < 4.78 is 4.82. The molecule has 0 aliphatic rings. The Labute approximate surface area is 179 Å². The van der Waals surface area contributed by atoms with Crippen LogP contribution in [0, 0.1) is 10.1 Å². The van der Waals surface area contributed by atoms with Crippen LogP contribution in [0.1, 0.15) is 12.5 Å². The number of nitro benzene ring substituents is 1. The number of non-ortho nitro benzene ring substituents is 1. The molecule has 2 N–H and O–H groups in total. The van der Waals surface area contributed by atoms with Gasteiger partial charge in [-0.1, -0.05) is 23.2 Å². The van der Waals surface area contributed by atoms with E-state index in [0.29, 0.717) is 15.7 Å². The maximum Gasteiger partial charge on any atom is 0.330 e. The number of carbonyl (C=O) groups excluding carboxylic acids is 1. The topological polar surface area (TPSA) is 127 Å². The molecule has 2 aromatic carbocycles. The molecule has 1 aromatic heterocycles. The summed E-state index contributed by atoms with van der Waals surface area (Å²) in [5.41, 5.74) is -0.0408. The molecular formula is C19H14Cl2N4O5. The van der Waals surface area contributed by atoms with E-state index in [1.165, 1.54) is 12.1 Å². The van der Waals surface area contributed by atoms with E-state index in [1.807, 2.05) is 0 Å². The van der Waals surface area contributed by atoms with Crippen molar-refractivity contribution in [3.8, 4) is 0 Å². The van der Waals surface area contributed by atoms with E-state index in [-0.39, 0.29) is 34.7 Å². The number of nitrogens with one attached hydrogen (secondary N) is 2. The first kappa shape index (κ1) is 21.3. The third kappa shape index (κ3) is 4.76. The number of hydrogen-bond acceptors (Lipinski definition) is 7. The summed E-state index contributed by atoms with van der Waals surface area (Å²) in [4.78, 5) is 41.7. The second-order valence-corrected chi connectivity index (χ2v) is 6.76. The van der Waals surface area contributed by atoms with E-state index in [9.17, 15) is 19.7 Å². The Morgan fingerprint density at radius 3 is 2.73 bits per heavy atom. The van der Waals surface area contributed by atoms with Gasteiger partial charge < -0.3 is 10.1 Å². The van der Waals surface area contributed by atoms with Crippen molar-refractivity contribution in [1.82, 2.24) is 9.97 Å². The number of halogens is 2. The van der Waals surface area contributed by atoms with Gasteiger partial charge in [0.1, 0.15) is 0 Å². The van der Waals surface area contributed by atoms with Gasteiger partial charge in [-0.2, -0.15) is 0 Å². The lowest BCUT2D eigenvalue weighted by atomic mass is 10.1. The van der Waals surface area contributed by atoms with E-state index in [1.54, 1.807) is 25.1 Å². The Bertz CT molecular complexity index is 1240. The van der Waals surface area contributed by atoms with Crippen molar-refractivity contribution < 1.29 is 14.5 Å². The number of anilines is 2. The van der Waals surface area contributed by atoms with Crippen molar-refractivity contribution in [1.29, 1.82) is 0 Å². The second-order valence-electron chi connectivity index (χ2n) is 5.94. The van der Waals surface area contributed by atoms with Crippen LogP contribution in [0.4, 0.5) is 17.3 Å². The van der Waals surface area contributed by atoms with Crippen molar-refractivity contribution in [3.05, 3.63) is 72.5 Å². The summed E-state index contributed by atoms with van der Waals surface area (Å²) in [7, 11) is 0. The number of fused-ring (bicyclic) bond motifs is 1. The number of H-pyrrole nitrogens is 1. The van der Waals surface area contributed by atoms with Gasteiger partial charge in [0.15, 0.2) is 0 Å². The third-order valence-electron chi connectivity index (χ3n) is 3.90. The summed E-state index contributed by atoms with van der Waals surface area (Å²) in [6.07, 6.45) is 2.42. The summed E-state index contributed by atoms with van der Waals surface area (Å²) in [6, 6.07) is 7.09. The third-order valence-corrected chi connectivity index (χ3v) is 4.64. The Morgan fingerprint density at radius 2 is 2.07 bits per heavy atom. The number of esters is 1. The lowest BCUT2D eigenvalue weighted by Crippen LogP contribution is -2.12. The average molecular weight is 449 g/mol. The Hall–Kier alpha value is -3.43. The fourth-order valence-corrected chi connectivity index (χ4v) is 2.90. The molecule has 9 nitrogen and oxygen atoms in total. The van der Waals surface area contributed by atoms with Gasteiger partial charge in [0, 0.05) is 29.5 Å². The Morgan fingerprint density at radius 1 is 1.30 bits per heavy atom. The first-order chi connectivity index (χ1) is 14.3. The molecule has 0 aliphatic carbocycles. The first-order valence-corrected chi connectivity index (χ1v) is 9.33. The molecule has 0 saturated heterocycles. The maximum absolute atomic E-state index is 12.6. The highest BCUT2D eigenvalue weighted by Crippen LogP contribution is 2.27. The van der Waals surface area contributed by atoms with Crippen molar-refractivity contribution in [2.75, 3.05) is 11.9 Å². The van der Waals surface area contributed by atoms with Crippen LogP contribution >= 0.6 is 23.2 Å². The standard InChI is InChI=1S/C19H14Cl2N4O5/c1-2-30-16(26)6-3-10-7-12(25(28)29)9-13-17(10)23-19(24-18(13)27)22-11-4-5-14(20)15(21)8-11/h3-9H,2H2,1H3,(H2,22,23,24,27)/b6-3+. The van der Waals surface area contributed by atoms with Gasteiger partial charge in [-0.15, -0.1) is 0 Å². The van der Waals surface area contributed by atoms with E-state index in [4.69, 9.17) is 27.9 Å². The van der Waals surface area contributed by atoms with E-state index < -0.39 is 16.5 Å². The zero-order valence-corrected chi connectivity index (χ0v) is 17.0. The molecule has 0 aliphatic heterocycles. The zero-order valence-electron chi connectivity index (χ0n) is 15.4. The van der Waals surface area contributed by atoms with Crippen molar-refractivity contribution >= 4 is 63.5 Å². The smallest absolute Gasteiger partial charge is 0.330 e. The van der Waals surface area contributed by atoms with Gasteiger partial charge in [0.05, 0.1) is 32.5 Å². The fraction of sp³-hybridized carbons (Fsp3) is 0.105. The quantitative estimate of drug-likeness (QED) is 0.246. The highest BCUT2D eigenvalue weighted by Gasteiger charge is 2.15. The summed E-state index contributed by atoms with van der Waals surface area (Å²) >= 11 is 11.9. The van der Waals surface area contributed by atoms with Gasteiger partial charge in [-0.3, -0.25) is 19.9 Å². The minimum absolute atomic E-state index is 0.00704. The van der Waals surface area contributed by atoms with Crippen LogP contribution in [0.5, 0.6) is 0 Å². The Kier molecular flexibility index (Phi) is 6.34. The minimum Gasteiger partial charge on any atom is -0.463 e. The number of aromatic nitrogens is 2. The van der Waals surface area contributed by atoms with Crippen molar-refractivity contribution in [3.63, 3.8) is 0 Å². The van der Waals surface area contributed by atoms with Crippen LogP contribution in [-0.2, 0) is 9.53 Å². The van der Waals surface area contributed by atoms with Gasteiger partial charge in [-0.25, -0.2) is 9.78 Å². The molecule has 3 aromatic rings. The molecule has 0 bridgehead atoms. The minimum atomic E-state index is -0.636. The maximum atomic E-state index is 12.6. The van der Waals surface area contributed by atoms with E-state index in [2.05, 4.69) is 15.3 Å². The lowest BCUT2D eigenvalue weighted by Gasteiger charge is -2.09. The SMILES string of the molecule is CCOC(=O)/C=C/c1cc([N+](=O)[O-])cc2c(=O)[nH]c(Nc3ccc(Cl)c(Cl)c3)nc12. The Balaban J connectivity index is 2.12. The zero-order chi connectivity index (χ0) is 21.8. The number of benzene rings is 2. The molecule has 0 radical (unpaired) electrons. The van der Waals surface area contributed by atoms with Gasteiger partial charge >= 0.3 is 5.97 Å². The second kappa shape index (κ2) is 8.93. The summed E-state index contributed by atoms with van der Waals surface area (Å²) in [5, 5.41) is 14.8. The van der Waals surface area contributed by atoms with Crippen LogP contribution in [-0.4, -0.2) is 27.5 Å². The molecule has 0 atom stereocenters. The highest BCUT2D eigenvalue weighted by atomic mass is 35.5. The van der Waals surface area contributed by atoms with E-state index >= 15 is 0 Å². The van der Waals surface area contributed by atoms with Gasteiger partial charge in [-0.05, 0) is 31.2 Å². The molecule has 1 heterocycles. The predicted octanol–water partition coefficient (Wildman–Crippen LogP) is 4.46. The molecule has 154 valence electrons. The largest absolute Gasteiger partial charge is 0.463 e. The van der Waals surface area contributed by atoms with Crippen LogP contribution in [0.3, 0.4) is 0 Å². The van der Waals surface area contributed by atoms with Gasteiger partial charge in [0.2, 0.25) is 5.95 Å². The molecule has 0 amide bonds. The predicted molar refractivity (Wildman–Crippen MR) is 114 cm³/mol. The van der Waals surface area contributed by atoms with E-state index in [0.717, 1.165) is 12.1 Å². The highest BCUT2D eigenvalue weighted by molar-refractivity contribution is 6.42. The lowest BCUT2D eigenvalue weighted by molar-refractivity contribution is -0.384. The molecule has 11 heteroatoms. The normalized spacial score (nSPS) is 11.0. The monoisotopic (exact) mass is 448 g/mol. The number of aromatic amines is 1. The average Bonchev–Trinajstić information content (AvgIpc) is 2.69. The van der Waals surface area contributed by atoms with Crippen LogP contribution in [0.2, 0.25) is 10.0 Å². The molecule has 0 saturated carbocycles. The van der Waals surface area contributed by atoms with Crippen LogP contribution in [0.25, 0.3) is 17.0 Å². The number of hydrogen-bond donors (Lipinski definition) is 2. The fourth-order valence-electron chi connectivity index (χ4n) is 2.60. The van der Waals surface area contributed by atoms with Crippen LogP contribution < -0.4 is 10.9 Å². The molecule has 30 heavy (non-hydrogen) atoms. The number of nitro groups is 1. The van der Waals surface area contributed by atoms with Crippen molar-refractivity contribution in [2.24, 2.45) is 0 Å². The molecule has 0 spiro atoms. The summed E-state index contributed by atoms with van der Waals surface area (Å²) in [5.74, 6) is -0.554. The number of rotatable bonds is 6.